The van der Waals surface area contributed by atoms with E-state index in [1.165, 1.54) is 0 Å². The maximum atomic E-state index is 11.5. The molecule has 1 unspecified atom stereocenters. The second-order valence-corrected chi connectivity index (χ2v) is 4.75. The van der Waals surface area contributed by atoms with Gasteiger partial charge in [-0.2, -0.15) is 0 Å². The van der Waals surface area contributed by atoms with E-state index in [9.17, 15) is 4.79 Å². The number of nitrogens with one attached hydrogen (secondary N) is 1. The van der Waals surface area contributed by atoms with Gasteiger partial charge in [0.2, 0.25) is 0 Å². The van der Waals surface area contributed by atoms with Crippen LogP contribution in [0.4, 0.5) is 0 Å². The number of carbonyl (C=O) groups excluding carboxylic acids is 1. The molecule has 0 heterocycles. The van der Waals surface area contributed by atoms with Crippen LogP contribution < -0.4 is 15.8 Å². The van der Waals surface area contributed by atoms with Crippen LogP contribution in [0, 0.1) is 6.92 Å². The first-order chi connectivity index (χ1) is 8.49. The van der Waals surface area contributed by atoms with Gasteiger partial charge >= 0.3 is 0 Å². The Balaban J connectivity index is 2.33. The molecule has 1 aromatic carbocycles. The lowest BCUT2D eigenvalue weighted by Gasteiger charge is -2.10. The van der Waals surface area contributed by atoms with E-state index in [0.717, 1.165) is 12.0 Å². The van der Waals surface area contributed by atoms with E-state index in [-0.39, 0.29) is 18.6 Å². The molecule has 0 bridgehead atoms. The molecule has 100 valence electrons. The molecule has 0 fully saturated rings. The van der Waals surface area contributed by atoms with Crippen molar-refractivity contribution in [3.63, 3.8) is 0 Å². The van der Waals surface area contributed by atoms with Gasteiger partial charge in [-0.05, 0) is 44.0 Å². The van der Waals surface area contributed by atoms with Crippen molar-refractivity contribution in [3.05, 3.63) is 28.8 Å². The molecule has 1 atom stereocenters. The van der Waals surface area contributed by atoms with Crippen LogP contribution in [0.3, 0.4) is 0 Å². The van der Waals surface area contributed by atoms with Crippen molar-refractivity contribution in [1.82, 2.24) is 5.32 Å². The summed E-state index contributed by atoms with van der Waals surface area (Å²) in [4.78, 5) is 11.5. The normalized spacial score (nSPS) is 12.0. The molecular formula is C13H19ClN2O2. The van der Waals surface area contributed by atoms with Gasteiger partial charge in [0, 0.05) is 17.6 Å². The van der Waals surface area contributed by atoms with E-state index < -0.39 is 0 Å². The highest BCUT2D eigenvalue weighted by molar-refractivity contribution is 6.30. The number of hydrogen-bond acceptors (Lipinski definition) is 3. The number of amides is 1. The molecule has 1 aromatic rings. The number of benzene rings is 1. The van der Waals surface area contributed by atoms with Crippen LogP contribution in [0.5, 0.6) is 5.75 Å². The highest BCUT2D eigenvalue weighted by Gasteiger charge is 2.05. The van der Waals surface area contributed by atoms with E-state index in [4.69, 9.17) is 22.1 Å². The lowest BCUT2D eigenvalue weighted by Crippen LogP contribution is -2.32. The summed E-state index contributed by atoms with van der Waals surface area (Å²) >= 11 is 5.83. The number of rotatable bonds is 6. The summed E-state index contributed by atoms with van der Waals surface area (Å²) in [7, 11) is 0. The zero-order valence-corrected chi connectivity index (χ0v) is 11.5. The number of ether oxygens (including phenoxy) is 1. The molecule has 1 rings (SSSR count). The average Bonchev–Trinajstić information content (AvgIpc) is 2.27. The minimum Gasteiger partial charge on any atom is -0.484 e. The second-order valence-electron chi connectivity index (χ2n) is 4.31. The first kappa shape index (κ1) is 14.8. The molecule has 5 heteroatoms. The molecule has 0 spiro atoms. The van der Waals surface area contributed by atoms with Gasteiger partial charge in [0.05, 0.1) is 0 Å². The van der Waals surface area contributed by atoms with E-state index >= 15 is 0 Å². The van der Waals surface area contributed by atoms with Gasteiger partial charge in [-0.1, -0.05) is 11.6 Å². The van der Waals surface area contributed by atoms with Crippen LogP contribution >= 0.6 is 11.6 Å². The van der Waals surface area contributed by atoms with E-state index in [2.05, 4.69) is 5.32 Å². The number of hydrogen-bond donors (Lipinski definition) is 2. The van der Waals surface area contributed by atoms with Crippen molar-refractivity contribution in [2.75, 3.05) is 13.2 Å². The second kappa shape index (κ2) is 7.24. The van der Waals surface area contributed by atoms with Gasteiger partial charge < -0.3 is 15.8 Å². The third-order valence-corrected chi connectivity index (χ3v) is 2.65. The third kappa shape index (κ3) is 5.38. The SMILES string of the molecule is Cc1cc(Cl)ccc1OCC(=O)NCCC(C)N. The van der Waals surface area contributed by atoms with Crippen molar-refractivity contribution in [2.24, 2.45) is 5.73 Å². The fourth-order valence-corrected chi connectivity index (χ4v) is 1.64. The Labute approximate surface area is 112 Å². The molecule has 4 nitrogen and oxygen atoms in total. The Morgan fingerprint density at radius 1 is 1.56 bits per heavy atom. The van der Waals surface area contributed by atoms with E-state index in [1.54, 1.807) is 18.2 Å². The molecular weight excluding hydrogens is 252 g/mol. The third-order valence-electron chi connectivity index (χ3n) is 2.42. The quantitative estimate of drug-likeness (QED) is 0.830. The fourth-order valence-electron chi connectivity index (χ4n) is 1.41. The Morgan fingerprint density at radius 3 is 2.89 bits per heavy atom. The molecule has 0 aliphatic carbocycles. The van der Waals surface area contributed by atoms with Gasteiger partial charge in [0.25, 0.3) is 5.91 Å². The predicted octanol–water partition coefficient (Wildman–Crippen LogP) is 1.88. The van der Waals surface area contributed by atoms with Crippen LogP contribution in [0.2, 0.25) is 5.02 Å². The number of carbonyl (C=O) groups is 1. The zero-order chi connectivity index (χ0) is 13.5. The first-order valence-corrected chi connectivity index (χ1v) is 6.28. The number of aryl methyl sites for hydroxylation is 1. The van der Waals surface area contributed by atoms with Gasteiger partial charge in [0.15, 0.2) is 6.61 Å². The van der Waals surface area contributed by atoms with Gasteiger partial charge in [0.1, 0.15) is 5.75 Å². The lowest BCUT2D eigenvalue weighted by molar-refractivity contribution is -0.123. The molecule has 0 aromatic heterocycles. The molecule has 0 saturated carbocycles. The van der Waals surface area contributed by atoms with Crippen molar-refractivity contribution < 1.29 is 9.53 Å². The van der Waals surface area contributed by atoms with Gasteiger partial charge in [-0.25, -0.2) is 0 Å². The van der Waals surface area contributed by atoms with Crippen LogP contribution in [0.1, 0.15) is 18.9 Å². The predicted molar refractivity (Wildman–Crippen MR) is 73.0 cm³/mol. The first-order valence-electron chi connectivity index (χ1n) is 5.90. The van der Waals surface area contributed by atoms with Crippen LogP contribution in [0.15, 0.2) is 18.2 Å². The maximum Gasteiger partial charge on any atom is 0.257 e. The molecule has 18 heavy (non-hydrogen) atoms. The molecule has 3 N–H and O–H groups in total. The smallest absolute Gasteiger partial charge is 0.257 e. The van der Waals surface area contributed by atoms with Crippen molar-refractivity contribution in [2.45, 2.75) is 26.3 Å². The Hall–Kier alpha value is -1.26. The summed E-state index contributed by atoms with van der Waals surface area (Å²) in [6.45, 7) is 4.36. The molecule has 0 aliphatic heterocycles. The zero-order valence-electron chi connectivity index (χ0n) is 10.7. The molecule has 1 amide bonds. The topological polar surface area (TPSA) is 64.3 Å². The Bertz CT molecular complexity index is 408. The molecule has 0 radical (unpaired) electrons. The van der Waals surface area contributed by atoms with E-state index in [0.29, 0.717) is 17.3 Å². The largest absolute Gasteiger partial charge is 0.484 e. The van der Waals surface area contributed by atoms with Crippen LogP contribution in [-0.4, -0.2) is 25.1 Å². The minimum atomic E-state index is -0.148. The average molecular weight is 271 g/mol. The van der Waals surface area contributed by atoms with Crippen LogP contribution in [-0.2, 0) is 4.79 Å². The van der Waals surface area contributed by atoms with Gasteiger partial charge in [-0.15, -0.1) is 0 Å². The highest BCUT2D eigenvalue weighted by Crippen LogP contribution is 2.21. The summed E-state index contributed by atoms with van der Waals surface area (Å²) in [5.74, 6) is 0.520. The van der Waals surface area contributed by atoms with Gasteiger partial charge in [-0.3, -0.25) is 4.79 Å². The number of halogens is 1. The molecule has 0 aliphatic rings. The summed E-state index contributed by atoms with van der Waals surface area (Å²) in [5.41, 5.74) is 6.49. The monoisotopic (exact) mass is 270 g/mol. The molecule has 0 saturated heterocycles. The van der Waals surface area contributed by atoms with Crippen LogP contribution in [0.25, 0.3) is 0 Å². The van der Waals surface area contributed by atoms with Crippen molar-refractivity contribution >= 4 is 17.5 Å². The van der Waals surface area contributed by atoms with E-state index in [1.807, 2.05) is 13.8 Å². The lowest BCUT2D eigenvalue weighted by atomic mass is 10.2. The summed E-state index contributed by atoms with van der Waals surface area (Å²) < 4.78 is 5.41. The Morgan fingerprint density at radius 2 is 2.28 bits per heavy atom. The Kier molecular flexibility index (Phi) is 5.95. The summed E-state index contributed by atoms with van der Waals surface area (Å²) in [6, 6.07) is 5.38. The van der Waals surface area contributed by atoms with Crippen molar-refractivity contribution in [3.8, 4) is 5.75 Å². The highest BCUT2D eigenvalue weighted by atomic mass is 35.5. The number of nitrogens with two attached hydrogens (primary N) is 1. The summed E-state index contributed by atoms with van der Waals surface area (Å²) in [5, 5.41) is 3.40. The summed E-state index contributed by atoms with van der Waals surface area (Å²) in [6.07, 6.45) is 0.756. The maximum absolute atomic E-state index is 11.5. The van der Waals surface area contributed by atoms with Crippen molar-refractivity contribution in [1.29, 1.82) is 0 Å². The minimum absolute atomic E-state index is 0.00141. The standard InChI is InChI=1S/C13H19ClN2O2/c1-9-7-11(14)3-4-12(9)18-8-13(17)16-6-5-10(2)15/h3-4,7,10H,5-6,8,15H2,1-2H3,(H,16,17). The fraction of sp³-hybridized carbons (Fsp3) is 0.462.